The van der Waals surface area contributed by atoms with Gasteiger partial charge in [0.25, 0.3) is 5.91 Å². The molecule has 9 nitrogen and oxygen atoms in total. The number of carbonyl (C=O) groups is 4. The van der Waals surface area contributed by atoms with Crippen LogP contribution in [0.25, 0.3) is 10.8 Å². The molecule has 4 rings (SSSR count). The number of hydrogen-bond donors (Lipinski definition) is 3. The van der Waals surface area contributed by atoms with Crippen molar-refractivity contribution in [1.29, 1.82) is 0 Å². The molecule has 0 heterocycles. The molecule has 0 saturated heterocycles. The van der Waals surface area contributed by atoms with Gasteiger partial charge in [-0.2, -0.15) is 0 Å². The van der Waals surface area contributed by atoms with E-state index in [1.165, 1.54) is 4.90 Å². The van der Waals surface area contributed by atoms with Crippen LogP contribution in [0.4, 0.5) is 10.5 Å². The average Bonchev–Trinajstić information content (AvgIpc) is 2.86. The molecule has 9 heteroatoms. The van der Waals surface area contributed by atoms with E-state index >= 15 is 0 Å². The first kappa shape index (κ1) is 29.6. The minimum atomic E-state index is -1.30. The molecule has 0 radical (unpaired) electrons. The third-order valence-electron chi connectivity index (χ3n) is 7.14. The summed E-state index contributed by atoms with van der Waals surface area (Å²) in [4.78, 5) is 54.6. The van der Waals surface area contributed by atoms with Crippen LogP contribution in [0.3, 0.4) is 0 Å². The van der Waals surface area contributed by atoms with Gasteiger partial charge in [-0.05, 0) is 81.0 Å². The predicted octanol–water partition coefficient (Wildman–Crippen LogP) is 4.98. The van der Waals surface area contributed by atoms with Crippen molar-refractivity contribution in [1.82, 2.24) is 10.2 Å². The van der Waals surface area contributed by atoms with E-state index in [4.69, 9.17) is 10.5 Å². The second kappa shape index (κ2) is 12.4. The number of nitrogens with zero attached hydrogens (tertiary/aromatic N) is 1. The Morgan fingerprint density at radius 1 is 0.976 bits per heavy atom. The van der Waals surface area contributed by atoms with Crippen molar-refractivity contribution in [2.24, 2.45) is 5.73 Å². The summed E-state index contributed by atoms with van der Waals surface area (Å²) in [5.41, 5.74) is 6.75. The maximum Gasteiger partial charge on any atom is 0.408 e. The lowest BCUT2D eigenvalue weighted by Crippen LogP contribution is -2.57. The first-order valence-corrected chi connectivity index (χ1v) is 13.9. The number of benzene rings is 3. The van der Waals surface area contributed by atoms with E-state index in [0.717, 1.165) is 22.8 Å². The Bertz CT molecular complexity index is 1440. The number of aryl methyl sites for hydroxylation is 1. The van der Waals surface area contributed by atoms with E-state index < -0.39 is 47.9 Å². The Labute approximate surface area is 240 Å². The standard InChI is InChI=1S/C32H38N4O5/c1-20-10-5-8-15-25(20)28(29(38)34-23-17-16-21-11-6-7-12-22(21)18-23)36(24-13-9-14-24)30(39)26(19-27(33)37)35-31(40)41-32(2,3)4/h5-8,10-12,15-18,24,26,28H,9,13-14,19H2,1-4H3,(H2,33,37)(H,34,38)(H,35,40). The zero-order valence-corrected chi connectivity index (χ0v) is 24.0. The lowest BCUT2D eigenvalue weighted by Gasteiger charge is -2.43. The number of rotatable bonds is 9. The molecule has 2 unspecified atom stereocenters. The summed E-state index contributed by atoms with van der Waals surface area (Å²) in [6.45, 7) is 6.98. The maximum atomic E-state index is 14.2. The lowest BCUT2D eigenvalue weighted by molar-refractivity contribution is -0.146. The molecule has 216 valence electrons. The summed E-state index contributed by atoms with van der Waals surface area (Å²) >= 11 is 0. The van der Waals surface area contributed by atoms with E-state index in [0.29, 0.717) is 24.1 Å². The first-order chi connectivity index (χ1) is 19.4. The first-order valence-electron chi connectivity index (χ1n) is 13.9. The Kier molecular flexibility index (Phi) is 8.95. The Hall–Kier alpha value is -4.40. The number of amides is 4. The molecule has 4 N–H and O–H groups in total. The number of nitrogens with one attached hydrogen (secondary N) is 2. The number of primary amides is 1. The van der Waals surface area contributed by atoms with Gasteiger partial charge in [0, 0.05) is 11.7 Å². The van der Waals surface area contributed by atoms with Gasteiger partial charge in [0.05, 0.1) is 6.42 Å². The van der Waals surface area contributed by atoms with Gasteiger partial charge in [-0.25, -0.2) is 4.79 Å². The molecule has 1 aliphatic carbocycles. The average molecular weight is 559 g/mol. The highest BCUT2D eigenvalue weighted by atomic mass is 16.6. The molecule has 1 aliphatic rings. The van der Waals surface area contributed by atoms with Gasteiger partial charge < -0.3 is 26.0 Å². The second-order valence-corrected chi connectivity index (χ2v) is 11.5. The largest absolute Gasteiger partial charge is 0.444 e. The minimum absolute atomic E-state index is 0.259. The molecule has 1 saturated carbocycles. The smallest absolute Gasteiger partial charge is 0.408 e. The van der Waals surface area contributed by atoms with Crippen molar-refractivity contribution in [2.75, 3.05) is 5.32 Å². The lowest BCUT2D eigenvalue weighted by atomic mass is 9.87. The summed E-state index contributed by atoms with van der Waals surface area (Å²) in [5.74, 6) is -1.73. The van der Waals surface area contributed by atoms with E-state index in [2.05, 4.69) is 10.6 Å². The molecule has 0 bridgehead atoms. The summed E-state index contributed by atoms with van der Waals surface area (Å²) in [6.07, 6.45) is 0.980. The van der Waals surface area contributed by atoms with Crippen molar-refractivity contribution in [3.05, 3.63) is 77.9 Å². The monoisotopic (exact) mass is 558 g/mol. The zero-order valence-electron chi connectivity index (χ0n) is 24.0. The highest BCUT2D eigenvalue weighted by Crippen LogP contribution is 2.36. The second-order valence-electron chi connectivity index (χ2n) is 11.5. The predicted molar refractivity (Wildman–Crippen MR) is 158 cm³/mol. The Morgan fingerprint density at radius 3 is 2.24 bits per heavy atom. The maximum absolute atomic E-state index is 14.2. The number of fused-ring (bicyclic) bond motifs is 1. The van der Waals surface area contributed by atoms with Gasteiger partial charge >= 0.3 is 6.09 Å². The van der Waals surface area contributed by atoms with Crippen molar-refractivity contribution in [3.8, 4) is 0 Å². The Balaban J connectivity index is 1.73. The molecule has 3 aromatic carbocycles. The zero-order chi connectivity index (χ0) is 29.7. The van der Waals surface area contributed by atoms with Crippen molar-refractivity contribution in [2.45, 2.75) is 77.1 Å². The summed E-state index contributed by atoms with van der Waals surface area (Å²) in [7, 11) is 0. The van der Waals surface area contributed by atoms with Gasteiger partial charge in [-0.3, -0.25) is 14.4 Å². The van der Waals surface area contributed by atoms with Crippen LogP contribution in [-0.4, -0.2) is 46.4 Å². The molecule has 1 fully saturated rings. The Morgan fingerprint density at radius 2 is 1.63 bits per heavy atom. The molecule has 0 spiro atoms. The molecule has 0 aromatic heterocycles. The third-order valence-corrected chi connectivity index (χ3v) is 7.14. The van der Waals surface area contributed by atoms with Crippen molar-refractivity contribution in [3.63, 3.8) is 0 Å². The fourth-order valence-electron chi connectivity index (χ4n) is 5.00. The molecule has 41 heavy (non-hydrogen) atoms. The number of carbonyl (C=O) groups excluding carboxylic acids is 4. The van der Waals surface area contributed by atoms with E-state index in [1.54, 1.807) is 20.8 Å². The number of nitrogens with two attached hydrogens (primary N) is 1. The van der Waals surface area contributed by atoms with Crippen LogP contribution in [0.5, 0.6) is 0 Å². The van der Waals surface area contributed by atoms with Crippen LogP contribution in [0, 0.1) is 6.92 Å². The van der Waals surface area contributed by atoms with Crippen LogP contribution < -0.4 is 16.4 Å². The van der Waals surface area contributed by atoms with Crippen LogP contribution in [0.15, 0.2) is 66.7 Å². The fraction of sp³-hybridized carbons (Fsp3) is 0.375. The van der Waals surface area contributed by atoms with Gasteiger partial charge in [-0.15, -0.1) is 0 Å². The molecule has 2 atom stereocenters. The normalized spacial score (nSPS) is 14.8. The number of hydrogen-bond acceptors (Lipinski definition) is 5. The summed E-state index contributed by atoms with van der Waals surface area (Å²) < 4.78 is 5.35. The van der Waals surface area contributed by atoms with Gasteiger partial charge in [-0.1, -0.05) is 54.6 Å². The minimum Gasteiger partial charge on any atom is -0.444 e. The molecule has 0 aliphatic heterocycles. The number of anilines is 1. The van der Waals surface area contributed by atoms with Crippen LogP contribution in [0.2, 0.25) is 0 Å². The summed E-state index contributed by atoms with van der Waals surface area (Å²) in [6, 6.07) is 18.3. The quantitative estimate of drug-likeness (QED) is 0.341. The van der Waals surface area contributed by atoms with Crippen LogP contribution in [-0.2, 0) is 19.1 Å². The number of ether oxygens (including phenoxy) is 1. The number of alkyl carbamates (subject to hydrolysis) is 1. The van der Waals surface area contributed by atoms with Gasteiger partial charge in [0.15, 0.2) is 0 Å². The van der Waals surface area contributed by atoms with Gasteiger partial charge in [0.2, 0.25) is 11.8 Å². The van der Waals surface area contributed by atoms with Gasteiger partial charge in [0.1, 0.15) is 17.7 Å². The van der Waals surface area contributed by atoms with Crippen molar-refractivity contribution < 1.29 is 23.9 Å². The molecular formula is C32H38N4O5. The van der Waals surface area contributed by atoms with E-state index in [9.17, 15) is 19.2 Å². The van der Waals surface area contributed by atoms with Crippen LogP contribution >= 0.6 is 0 Å². The highest BCUT2D eigenvalue weighted by Gasteiger charge is 2.42. The molecule has 4 amide bonds. The summed E-state index contributed by atoms with van der Waals surface area (Å²) in [5, 5.41) is 7.55. The van der Waals surface area contributed by atoms with E-state index in [-0.39, 0.29) is 6.04 Å². The third kappa shape index (κ3) is 7.42. The molecule has 3 aromatic rings. The van der Waals surface area contributed by atoms with Crippen molar-refractivity contribution >= 4 is 40.3 Å². The fourth-order valence-corrected chi connectivity index (χ4v) is 5.00. The highest BCUT2D eigenvalue weighted by molar-refractivity contribution is 6.01. The van der Waals surface area contributed by atoms with E-state index in [1.807, 2.05) is 73.7 Å². The molecular weight excluding hydrogens is 520 g/mol. The SMILES string of the molecule is Cc1ccccc1C(C(=O)Nc1ccc2ccccc2c1)N(C(=O)C(CC(N)=O)NC(=O)OC(C)(C)C)C1CCC1. The van der Waals surface area contributed by atoms with Crippen LogP contribution in [0.1, 0.15) is 63.6 Å². The topological polar surface area (TPSA) is 131 Å².